The van der Waals surface area contributed by atoms with Crippen molar-refractivity contribution in [3.63, 3.8) is 0 Å². The molecule has 0 spiro atoms. The highest BCUT2D eigenvalue weighted by molar-refractivity contribution is 6.00. The lowest BCUT2D eigenvalue weighted by molar-refractivity contribution is -0.129. The number of anilines is 1. The maximum Gasteiger partial charge on any atom is 0.254 e. The van der Waals surface area contributed by atoms with Crippen molar-refractivity contribution in [2.24, 2.45) is 5.92 Å². The number of hydrogen-bond donors (Lipinski definition) is 2. The number of fused-ring (bicyclic) bond motifs is 1. The van der Waals surface area contributed by atoms with E-state index in [0.29, 0.717) is 24.2 Å². The minimum absolute atomic E-state index is 0.0190. The SMILES string of the molecule is CCC1CC(=O)NC(C)(C)C1N1Cc2c(N)cccc2C1=O. The first kappa shape index (κ1) is 14.9. The van der Waals surface area contributed by atoms with Crippen LogP contribution in [0, 0.1) is 5.92 Å². The van der Waals surface area contributed by atoms with Crippen LogP contribution in [0.5, 0.6) is 0 Å². The van der Waals surface area contributed by atoms with Gasteiger partial charge >= 0.3 is 0 Å². The highest BCUT2D eigenvalue weighted by atomic mass is 16.2. The molecule has 1 saturated heterocycles. The van der Waals surface area contributed by atoms with Crippen molar-refractivity contribution in [3.05, 3.63) is 29.3 Å². The lowest BCUT2D eigenvalue weighted by atomic mass is 9.76. The third-order valence-electron chi connectivity index (χ3n) is 4.99. The second-order valence-electron chi connectivity index (χ2n) is 6.89. The van der Waals surface area contributed by atoms with E-state index in [1.165, 1.54) is 0 Å². The summed E-state index contributed by atoms with van der Waals surface area (Å²) in [4.78, 5) is 26.7. The molecule has 0 bridgehead atoms. The van der Waals surface area contributed by atoms with E-state index in [4.69, 9.17) is 5.73 Å². The fourth-order valence-electron chi connectivity index (χ4n) is 4.04. The van der Waals surface area contributed by atoms with Crippen molar-refractivity contribution in [1.29, 1.82) is 0 Å². The smallest absolute Gasteiger partial charge is 0.254 e. The summed E-state index contributed by atoms with van der Waals surface area (Å²) in [6.07, 6.45) is 1.34. The summed E-state index contributed by atoms with van der Waals surface area (Å²) in [6.45, 7) is 6.60. The standard InChI is InChI=1S/C17H23N3O2/c1-4-10-8-14(21)19-17(2,3)15(10)20-9-12-11(16(20)22)6-5-7-13(12)18/h5-7,10,15H,4,8-9,18H2,1-3H3,(H,19,21). The molecule has 0 saturated carbocycles. The van der Waals surface area contributed by atoms with Gasteiger partial charge < -0.3 is 16.0 Å². The molecule has 1 fully saturated rings. The van der Waals surface area contributed by atoms with E-state index in [-0.39, 0.29) is 23.8 Å². The van der Waals surface area contributed by atoms with Gasteiger partial charge in [0, 0.05) is 29.8 Å². The largest absolute Gasteiger partial charge is 0.398 e. The Labute approximate surface area is 130 Å². The molecule has 0 radical (unpaired) electrons. The van der Waals surface area contributed by atoms with Crippen molar-refractivity contribution < 1.29 is 9.59 Å². The van der Waals surface area contributed by atoms with E-state index in [9.17, 15) is 9.59 Å². The van der Waals surface area contributed by atoms with E-state index in [0.717, 1.165) is 12.0 Å². The fraction of sp³-hybridized carbons (Fsp3) is 0.529. The third kappa shape index (κ3) is 2.16. The highest BCUT2D eigenvalue weighted by Gasteiger charge is 2.48. The number of benzene rings is 1. The quantitative estimate of drug-likeness (QED) is 0.819. The Hall–Kier alpha value is -2.04. The lowest BCUT2D eigenvalue weighted by Crippen LogP contribution is -2.65. The van der Waals surface area contributed by atoms with Crippen molar-refractivity contribution in [2.75, 3.05) is 5.73 Å². The third-order valence-corrected chi connectivity index (χ3v) is 4.99. The minimum atomic E-state index is -0.442. The number of hydrogen-bond acceptors (Lipinski definition) is 3. The van der Waals surface area contributed by atoms with Gasteiger partial charge in [0.1, 0.15) is 0 Å². The molecule has 5 heteroatoms. The van der Waals surface area contributed by atoms with Crippen molar-refractivity contribution >= 4 is 17.5 Å². The van der Waals surface area contributed by atoms with Gasteiger partial charge in [0.05, 0.1) is 11.6 Å². The zero-order valence-electron chi connectivity index (χ0n) is 13.3. The summed E-state index contributed by atoms with van der Waals surface area (Å²) in [5, 5.41) is 3.04. The number of nitrogens with one attached hydrogen (secondary N) is 1. The summed E-state index contributed by atoms with van der Waals surface area (Å²) < 4.78 is 0. The maximum absolute atomic E-state index is 12.8. The van der Waals surface area contributed by atoms with Gasteiger partial charge in [-0.25, -0.2) is 0 Å². The Morgan fingerprint density at radius 2 is 2.09 bits per heavy atom. The van der Waals surface area contributed by atoms with Gasteiger partial charge in [0.25, 0.3) is 5.91 Å². The van der Waals surface area contributed by atoms with Crippen molar-refractivity contribution in [1.82, 2.24) is 10.2 Å². The lowest BCUT2D eigenvalue weighted by Gasteiger charge is -2.48. The molecular weight excluding hydrogens is 278 g/mol. The zero-order chi connectivity index (χ0) is 16.1. The van der Waals surface area contributed by atoms with E-state index in [2.05, 4.69) is 12.2 Å². The number of nitrogen functional groups attached to an aromatic ring is 1. The van der Waals surface area contributed by atoms with E-state index in [1.54, 1.807) is 0 Å². The average Bonchev–Trinajstić information content (AvgIpc) is 2.76. The first-order valence-corrected chi connectivity index (χ1v) is 7.84. The molecule has 22 heavy (non-hydrogen) atoms. The zero-order valence-corrected chi connectivity index (χ0v) is 13.3. The minimum Gasteiger partial charge on any atom is -0.398 e. The van der Waals surface area contributed by atoms with Crippen LogP contribution < -0.4 is 11.1 Å². The van der Waals surface area contributed by atoms with Gasteiger partial charge in [0.2, 0.25) is 5.91 Å². The monoisotopic (exact) mass is 301 g/mol. The van der Waals surface area contributed by atoms with Crippen LogP contribution in [-0.4, -0.2) is 28.3 Å². The van der Waals surface area contributed by atoms with Crippen LogP contribution >= 0.6 is 0 Å². The second kappa shape index (κ2) is 5.00. The Morgan fingerprint density at radius 3 is 2.73 bits per heavy atom. The summed E-state index contributed by atoms with van der Waals surface area (Å²) >= 11 is 0. The Balaban J connectivity index is 1.99. The Morgan fingerprint density at radius 1 is 1.36 bits per heavy atom. The molecule has 2 unspecified atom stereocenters. The van der Waals surface area contributed by atoms with Gasteiger partial charge in [0.15, 0.2) is 0 Å². The van der Waals surface area contributed by atoms with Crippen LogP contribution in [0.1, 0.15) is 49.5 Å². The first-order valence-electron chi connectivity index (χ1n) is 7.84. The predicted molar refractivity (Wildman–Crippen MR) is 85.1 cm³/mol. The highest BCUT2D eigenvalue weighted by Crippen LogP contribution is 2.38. The van der Waals surface area contributed by atoms with Crippen LogP contribution in [0.3, 0.4) is 0 Å². The van der Waals surface area contributed by atoms with E-state index >= 15 is 0 Å². The molecule has 1 aromatic carbocycles. The van der Waals surface area contributed by atoms with Crippen LogP contribution in [0.2, 0.25) is 0 Å². The second-order valence-corrected chi connectivity index (χ2v) is 6.89. The number of piperidine rings is 1. The first-order chi connectivity index (χ1) is 10.3. The Kier molecular flexibility index (Phi) is 3.38. The summed E-state index contributed by atoms with van der Waals surface area (Å²) in [7, 11) is 0. The van der Waals surface area contributed by atoms with Gasteiger partial charge in [-0.15, -0.1) is 0 Å². The van der Waals surface area contributed by atoms with Crippen molar-refractivity contribution in [3.8, 4) is 0 Å². The number of carbonyl (C=O) groups excluding carboxylic acids is 2. The van der Waals surface area contributed by atoms with E-state index < -0.39 is 5.54 Å². The van der Waals surface area contributed by atoms with Gasteiger partial charge in [-0.05, 0) is 31.9 Å². The van der Waals surface area contributed by atoms with Crippen LogP contribution in [0.25, 0.3) is 0 Å². The summed E-state index contributed by atoms with van der Waals surface area (Å²) in [5.74, 6) is 0.259. The van der Waals surface area contributed by atoms with Gasteiger partial charge in [-0.2, -0.15) is 0 Å². The van der Waals surface area contributed by atoms with Crippen LogP contribution in [-0.2, 0) is 11.3 Å². The van der Waals surface area contributed by atoms with Crippen LogP contribution in [0.4, 0.5) is 5.69 Å². The Bertz CT molecular complexity index is 639. The number of amides is 2. The molecule has 2 aliphatic rings. The molecule has 5 nitrogen and oxygen atoms in total. The molecule has 3 N–H and O–H groups in total. The maximum atomic E-state index is 12.8. The fourth-order valence-corrected chi connectivity index (χ4v) is 4.04. The van der Waals surface area contributed by atoms with Gasteiger partial charge in [-0.1, -0.05) is 19.4 Å². The predicted octanol–water partition coefficient (Wildman–Crippen LogP) is 1.92. The van der Waals surface area contributed by atoms with Gasteiger partial charge in [-0.3, -0.25) is 9.59 Å². The van der Waals surface area contributed by atoms with Crippen LogP contribution in [0.15, 0.2) is 18.2 Å². The molecule has 0 aromatic heterocycles. The normalized spacial score (nSPS) is 26.8. The molecule has 1 aromatic rings. The molecule has 3 rings (SSSR count). The summed E-state index contributed by atoms with van der Waals surface area (Å²) in [6, 6.07) is 5.47. The molecule has 118 valence electrons. The molecule has 2 heterocycles. The topological polar surface area (TPSA) is 75.4 Å². The summed E-state index contributed by atoms with van der Waals surface area (Å²) in [5.41, 5.74) is 7.87. The molecule has 0 aliphatic carbocycles. The average molecular weight is 301 g/mol. The number of nitrogens with zero attached hydrogens (tertiary/aromatic N) is 1. The van der Waals surface area contributed by atoms with Crippen molar-refractivity contribution in [2.45, 2.75) is 51.7 Å². The molecule has 2 atom stereocenters. The number of carbonyl (C=O) groups is 2. The molecule has 2 aliphatic heterocycles. The number of rotatable bonds is 2. The molecule has 2 amide bonds. The van der Waals surface area contributed by atoms with E-state index in [1.807, 2.05) is 36.9 Å². The number of nitrogens with two attached hydrogens (primary N) is 1. The molecular formula is C17H23N3O2.